The van der Waals surface area contributed by atoms with Crippen LogP contribution in [0, 0.1) is 13.8 Å². The monoisotopic (exact) mass is 225 g/mol. The Morgan fingerprint density at radius 3 is 2.73 bits per heavy atom. The molecule has 0 heterocycles. The molecule has 1 aromatic carbocycles. The molecule has 1 aromatic rings. The lowest BCUT2D eigenvalue weighted by Crippen LogP contribution is -2.26. The molecule has 0 bridgehead atoms. The minimum absolute atomic E-state index is 0.132. The van der Waals surface area contributed by atoms with E-state index in [1.54, 1.807) is 0 Å². The van der Waals surface area contributed by atoms with Gasteiger partial charge in [0.1, 0.15) is 5.38 Å². The Balaban J connectivity index is 2.94. The first-order chi connectivity index (χ1) is 7.06. The van der Waals surface area contributed by atoms with Crippen LogP contribution in [0.1, 0.15) is 29.0 Å². The van der Waals surface area contributed by atoms with E-state index in [0.29, 0.717) is 6.54 Å². The molecule has 3 heteroatoms. The maximum atomic E-state index is 11.6. The summed E-state index contributed by atoms with van der Waals surface area (Å²) in [4.78, 5) is 11.6. The van der Waals surface area contributed by atoms with Gasteiger partial charge in [0.25, 0.3) is 0 Å². The number of carbonyl (C=O) groups excluding carboxylic acids is 1. The van der Waals surface area contributed by atoms with Crippen LogP contribution >= 0.6 is 11.6 Å². The van der Waals surface area contributed by atoms with Gasteiger partial charge < -0.3 is 5.32 Å². The summed E-state index contributed by atoms with van der Waals surface area (Å²) in [7, 11) is 0. The van der Waals surface area contributed by atoms with E-state index in [1.165, 1.54) is 0 Å². The van der Waals surface area contributed by atoms with Crippen LogP contribution in [-0.4, -0.2) is 12.5 Å². The van der Waals surface area contributed by atoms with E-state index in [0.717, 1.165) is 16.7 Å². The Kier molecular flexibility index (Phi) is 4.15. The number of nitrogens with one attached hydrogen (secondary N) is 1. The first kappa shape index (κ1) is 12.1. The largest absolute Gasteiger partial charge is 0.355 e. The van der Waals surface area contributed by atoms with E-state index in [4.69, 9.17) is 11.6 Å². The van der Waals surface area contributed by atoms with Crippen LogP contribution in [0.4, 0.5) is 0 Å². The fraction of sp³-hybridized carbons (Fsp3) is 0.417. The van der Waals surface area contributed by atoms with Crippen LogP contribution in [0.2, 0.25) is 0 Å². The Morgan fingerprint density at radius 2 is 2.13 bits per heavy atom. The predicted molar refractivity (Wildman–Crippen MR) is 63.2 cm³/mol. The molecule has 0 aliphatic heterocycles. The van der Waals surface area contributed by atoms with Crippen molar-refractivity contribution in [1.29, 1.82) is 0 Å². The normalized spacial score (nSPS) is 12.3. The molecule has 0 aromatic heterocycles. The Morgan fingerprint density at radius 1 is 1.47 bits per heavy atom. The SMILES string of the molecule is CCNC(=O)C(Cl)c1cc(C)ccc1C. The molecule has 0 saturated carbocycles. The summed E-state index contributed by atoms with van der Waals surface area (Å²) in [5, 5.41) is 2.13. The molecule has 1 unspecified atom stereocenters. The molecule has 0 aliphatic carbocycles. The van der Waals surface area contributed by atoms with Crippen molar-refractivity contribution >= 4 is 17.5 Å². The fourth-order valence-corrected chi connectivity index (χ4v) is 1.75. The minimum Gasteiger partial charge on any atom is -0.355 e. The summed E-state index contributed by atoms with van der Waals surface area (Å²) in [6.45, 7) is 6.44. The molecule has 0 spiro atoms. The summed E-state index contributed by atoms with van der Waals surface area (Å²) >= 11 is 6.10. The van der Waals surface area contributed by atoms with Gasteiger partial charge in [0.15, 0.2) is 0 Å². The molecule has 0 fully saturated rings. The number of halogens is 1. The molecular weight excluding hydrogens is 210 g/mol. The van der Waals surface area contributed by atoms with Crippen molar-refractivity contribution in [3.8, 4) is 0 Å². The Hall–Kier alpha value is -1.02. The van der Waals surface area contributed by atoms with Crippen molar-refractivity contribution in [2.75, 3.05) is 6.54 Å². The van der Waals surface area contributed by atoms with Gasteiger partial charge in [-0.3, -0.25) is 4.79 Å². The first-order valence-electron chi connectivity index (χ1n) is 5.05. The van der Waals surface area contributed by atoms with Gasteiger partial charge in [0.05, 0.1) is 0 Å². The standard InChI is InChI=1S/C12H16ClNO/c1-4-14-12(15)11(13)10-7-8(2)5-6-9(10)3/h5-7,11H,4H2,1-3H3,(H,14,15). The quantitative estimate of drug-likeness (QED) is 0.788. The summed E-state index contributed by atoms with van der Waals surface area (Å²) < 4.78 is 0. The molecule has 2 nitrogen and oxygen atoms in total. The minimum atomic E-state index is -0.593. The number of hydrogen-bond acceptors (Lipinski definition) is 1. The summed E-state index contributed by atoms with van der Waals surface area (Å²) in [5.74, 6) is -0.132. The second-order valence-electron chi connectivity index (χ2n) is 3.62. The maximum Gasteiger partial charge on any atom is 0.242 e. The lowest BCUT2D eigenvalue weighted by Gasteiger charge is -2.13. The molecule has 1 rings (SSSR count). The lowest BCUT2D eigenvalue weighted by atomic mass is 10.0. The molecule has 1 amide bonds. The number of alkyl halides is 1. The van der Waals surface area contributed by atoms with Gasteiger partial charge in [-0.2, -0.15) is 0 Å². The number of benzene rings is 1. The molecule has 0 aliphatic rings. The third kappa shape index (κ3) is 2.96. The van der Waals surface area contributed by atoms with Crippen molar-refractivity contribution in [2.24, 2.45) is 0 Å². The van der Waals surface area contributed by atoms with Crippen molar-refractivity contribution < 1.29 is 4.79 Å². The summed E-state index contributed by atoms with van der Waals surface area (Å²) in [5.41, 5.74) is 3.06. The average Bonchev–Trinajstić information content (AvgIpc) is 2.21. The molecule has 0 saturated heterocycles. The molecule has 1 N–H and O–H groups in total. The highest BCUT2D eigenvalue weighted by Crippen LogP contribution is 2.24. The number of aryl methyl sites for hydroxylation is 2. The van der Waals surface area contributed by atoms with Crippen LogP contribution in [0.3, 0.4) is 0 Å². The molecule has 15 heavy (non-hydrogen) atoms. The van der Waals surface area contributed by atoms with Gasteiger partial charge in [-0.25, -0.2) is 0 Å². The molecule has 1 atom stereocenters. The fourth-order valence-electron chi connectivity index (χ4n) is 1.44. The molecule has 82 valence electrons. The van der Waals surface area contributed by atoms with Crippen LogP contribution in [-0.2, 0) is 4.79 Å². The lowest BCUT2D eigenvalue weighted by molar-refractivity contribution is -0.120. The highest BCUT2D eigenvalue weighted by Gasteiger charge is 2.18. The topological polar surface area (TPSA) is 29.1 Å². The van der Waals surface area contributed by atoms with E-state index in [-0.39, 0.29) is 5.91 Å². The molecule has 0 radical (unpaired) electrons. The van der Waals surface area contributed by atoms with Crippen molar-refractivity contribution in [3.63, 3.8) is 0 Å². The van der Waals surface area contributed by atoms with Crippen LogP contribution in [0.15, 0.2) is 18.2 Å². The predicted octanol–water partition coefficient (Wildman–Crippen LogP) is 2.72. The Labute approximate surface area is 95.6 Å². The van der Waals surface area contributed by atoms with Gasteiger partial charge in [0.2, 0.25) is 5.91 Å². The maximum absolute atomic E-state index is 11.6. The van der Waals surface area contributed by atoms with Gasteiger partial charge in [-0.05, 0) is 31.9 Å². The van der Waals surface area contributed by atoms with E-state index < -0.39 is 5.38 Å². The van der Waals surface area contributed by atoms with Gasteiger partial charge >= 0.3 is 0 Å². The first-order valence-corrected chi connectivity index (χ1v) is 5.48. The zero-order valence-electron chi connectivity index (χ0n) is 9.30. The average molecular weight is 226 g/mol. The number of amides is 1. The number of hydrogen-bond donors (Lipinski definition) is 1. The summed E-state index contributed by atoms with van der Waals surface area (Å²) in [6.07, 6.45) is 0. The third-order valence-electron chi connectivity index (χ3n) is 2.29. The van der Waals surface area contributed by atoms with E-state index in [9.17, 15) is 4.79 Å². The van der Waals surface area contributed by atoms with Crippen molar-refractivity contribution in [2.45, 2.75) is 26.1 Å². The highest BCUT2D eigenvalue weighted by atomic mass is 35.5. The number of carbonyl (C=O) groups is 1. The van der Waals surface area contributed by atoms with Crippen molar-refractivity contribution in [1.82, 2.24) is 5.32 Å². The second-order valence-corrected chi connectivity index (χ2v) is 4.05. The van der Waals surface area contributed by atoms with Crippen LogP contribution in [0.5, 0.6) is 0 Å². The Bertz CT molecular complexity index is 363. The zero-order valence-corrected chi connectivity index (χ0v) is 10.1. The number of likely N-dealkylation sites (N-methyl/N-ethyl adjacent to an activating group) is 1. The van der Waals surface area contributed by atoms with Crippen LogP contribution in [0.25, 0.3) is 0 Å². The highest BCUT2D eigenvalue weighted by molar-refractivity contribution is 6.30. The van der Waals surface area contributed by atoms with Gasteiger partial charge in [-0.1, -0.05) is 23.8 Å². The van der Waals surface area contributed by atoms with Gasteiger partial charge in [-0.15, -0.1) is 11.6 Å². The molecular formula is C12H16ClNO. The van der Waals surface area contributed by atoms with Gasteiger partial charge in [0, 0.05) is 6.54 Å². The summed E-state index contributed by atoms with van der Waals surface area (Å²) in [6, 6.07) is 5.96. The smallest absolute Gasteiger partial charge is 0.242 e. The van der Waals surface area contributed by atoms with Crippen LogP contribution < -0.4 is 5.32 Å². The zero-order chi connectivity index (χ0) is 11.4. The van der Waals surface area contributed by atoms with E-state index in [1.807, 2.05) is 39.0 Å². The van der Waals surface area contributed by atoms with Crippen molar-refractivity contribution in [3.05, 3.63) is 34.9 Å². The number of rotatable bonds is 3. The van der Waals surface area contributed by atoms with E-state index in [2.05, 4.69) is 5.32 Å². The third-order valence-corrected chi connectivity index (χ3v) is 2.72. The second kappa shape index (κ2) is 5.17. The van der Waals surface area contributed by atoms with E-state index >= 15 is 0 Å².